The number of aromatic nitrogens is 2. The molecule has 1 fully saturated rings. The molecule has 3 N–H and O–H groups in total. The zero-order valence-electron chi connectivity index (χ0n) is 11.5. The van der Waals surface area contributed by atoms with Gasteiger partial charge in [0.1, 0.15) is 0 Å². The van der Waals surface area contributed by atoms with Crippen LogP contribution in [0.1, 0.15) is 39.0 Å². The van der Waals surface area contributed by atoms with E-state index in [0.717, 1.165) is 19.3 Å². The third kappa shape index (κ3) is 2.76. The van der Waals surface area contributed by atoms with E-state index in [1.807, 2.05) is 0 Å². The number of hydrogen-bond donors (Lipinski definition) is 2. The molecule has 1 aromatic rings. The second-order valence-corrected chi connectivity index (χ2v) is 7.11. The topological polar surface area (TPSA) is 90.0 Å². The van der Waals surface area contributed by atoms with Crippen LogP contribution in [0, 0.1) is 5.41 Å². The zero-order chi connectivity index (χ0) is 14.1. The molecule has 0 radical (unpaired) electrons. The van der Waals surface area contributed by atoms with E-state index in [1.54, 1.807) is 7.05 Å². The predicted octanol–water partition coefficient (Wildman–Crippen LogP) is 1.25. The summed E-state index contributed by atoms with van der Waals surface area (Å²) in [7, 11) is -1.96. The van der Waals surface area contributed by atoms with Gasteiger partial charge in [-0.05, 0) is 24.7 Å². The van der Waals surface area contributed by atoms with E-state index in [-0.39, 0.29) is 16.3 Å². The van der Waals surface area contributed by atoms with Gasteiger partial charge < -0.3 is 10.3 Å². The lowest BCUT2D eigenvalue weighted by Crippen LogP contribution is -2.36. The first-order chi connectivity index (χ1) is 8.90. The molecule has 0 unspecified atom stereocenters. The first-order valence-electron chi connectivity index (χ1n) is 6.67. The lowest BCUT2D eigenvalue weighted by Gasteiger charge is -2.27. The summed E-state index contributed by atoms with van der Waals surface area (Å²) in [4.78, 5) is 3.82. The van der Waals surface area contributed by atoms with Gasteiger partial charge in [0.25, 0.3) is 10.0 Å². The van der Waals surface area contributed by atoms with E-state index in [4.69, 9.17) is 5.73 Å². The number of rotatable bonds is 5. The minimum atomic E-state index is -3.59. The maximum absolute atomic E-state index is 12.3. The van der Waals surface area contributed by atoms with Crippen LogP contribution in [-0.2, 0) is 17.1 Å². The van der Waals surface area contributed by atoms with Crippen LogP contribution in [0.15, 0.2) is 11.4 Å². The minimum Gasteiger partial charge on any atom is -0.381 e. The molecule has 1 heterocycles. The molecule has 1 aromatic heterocycles. The standard InChI is InChI=1S/C12H22N4O2S/c1-3-12(6-4-5-7-12)8-15-19(17,18)11-10(13)14-9-16(11)2/h9,15H,3-8,13H2,1-2H3. The first-order valence-corrected chi connectivity index (χ1v) is 8.15. The summed E-state index contributed by atoms with van der Waals surface area (Å²) in [5.74, 6) is 0.0481. The third-order valence-electron chi connectivity index (χ3n) is 4.22. The van der Waals surface area contributed by atoms with Crippen molar-refractivity contribution in [2.45, 2.75) is 44.1 Å². The van der Waals surface area contributed by atoms with E-state index < -0.39 is 10.0 Å². The fourth-order valence-electron chi connectivity index (χ4n) is 2.86. The average molecular weight is 286 g/mol. The molecule has 0 bridgehead atoms. The Labute approximate surface area is 114 Å². The van der Waals surface area contributed by atoms with Gasteiger partial charge in [-0.2, -0.15) is 0 Å². The van der Waals surface area contributed by atoms with Gasteiger partial charge >= 0.3 is 0 Å². The highest BCUT2D eigenvalue weighted by Crippen LogP contribution is 2.40. The Kier molecular flexibility index (Phi) is 3.87. The molecule has 1 aliphatic rings. The molecule has 2 rings (SSSR count). The summed E-state index contributed by atoms with van der Waals surface area (Å²) in [6.45, 7) is 2.61. The molecule has 0 spiro atoms. The van der Waals surface area contributed by atoms with E-state index in [9.17, 15) is 8.42 Å². The van der Waals surface area contributed by atoms with Crippen molar-refractivity contribution in [3.05, 3.63) is 6.33 Å². The van der Waals surface area contributed by atoms with Crippen LogP contribution >= 0.6 is 0 Å². The monoisotopic (exact) mass is 286 g/mol. The summed E-state index contributed by atoms with van der Waals surface area (Å²) in [5, 5.41) is 0.0525. The largest absolute Gasteiger partial charge is 0.381 e. The van der Waals surface area contributed by atoms with Crippen LogP contribution in [-0.4, -0.2) is 24.5 Å². The van der Waals surface area contributed by atoms with Crippen molar-refractivity contribution in [2.24, 2.45) is 12.5 Å². The van der Waals surface area contributed by atoms with Gasteiger partial charge in [-0.3, -0.25) is 0 Å². The van der Waals surface area contributed by atoms with Crippen LogP contribution in [0.25, 0.3) is 0 Å². The number of sulfonamides is 1. The maximum atomic E-state index is 12.3. The molecule has 7 heteroatoms. The van der Waals surface area contributed by atoms with Crippen molar-refractivity contribution in [1.82, 2.24) is 14.3 Å². The number of nitrogens with one attached hydrogen (secondary N) is 1. The van der Waals surface area contributed by atoms with Gasteiger partial charge in [-0.1, -0.05) is 19.8 Å². The van der Waals surface area contributed by atoms with Gasteiger partial charge in [0, 0.05) is 13.6 Å². The van der Waals surface area contributed by atoms with Gasteiger partial charge in [-0.15, -0.1) is 0 Å². The Morgan fingerprint density at radius 1 is 1.47 bits per heavy atom. The third-order valence-corrected chi connectivity index (χ3v) is 5.75. The van der Waals surface area contributed by atoms with Gasteiger partial charge in [-0.25, -0.2) is 18.1 Å². The van der Waals surface area contributed by atoms with Crippen LogP contribution < -0.4 is 10.5 Å². The Bertz CT molecular complexity index is 525. The quantitative estimate of drug-likeness (QED) is 0.852. The van der Waals surface area contributed by atoms with Crippen molar-refractivity contribution in [2.75, 3.05) is 12.3 Å². The molecule has 0 atom stereocenters. The predicted molar refractivity (Wildman–Crippen MR) is 74.0 cm³/mol. The lowest BCUT2D eigenvalue weighted by atomic mass is 9.84. The molecule has 1 saturated carbocycles. The molecule has 0 aliphatic heterocycles. The molecule has 0 aromatic carbocycles. The van der Waals surface area contributed by atoms with E-state index >= 15 is 0 Å². The van der Waals surface area contributed by atoms with E-state index in [2.05, 4.69) is 16.6 Å². The van der Waals surface area contributed by atoms with Gasteiger partial charge in [0.15, 0.2) is 10.8 Å². The SMILES string of the molecule is CCC1(CNS(=O)(=O)c2c(N)ncn2C)CCCC1. The van der Waals surface area contributed by atoms with Crippen LogP contribution in [0.4, 0.5) is 5.82 Å². The number of hydrogen-bond acceptors (Lipinski definition) is 4. The number of nitrogens with two attached hydrogens (primary N) is 1. The molecule has 0 amide bonds. The van der Waals surface area contributed by atoms with Crippen molar-refractivity contribution in [3.8, 4) is 0 Å². The second kappa shape index (κ2) is 5.13. The zero-order valence-corrected chi connectivity index (χ0v) is 12.3. The van der Waals surface area contributed by atoms with E-state index in [1.165, 1.54) is 23.7 Å². The fraction of sp³-hybridized carbons (Fsp3) is 0.750. The summed E-state index contributed by atoms with van der Waals surface area (Å²) >= 11 is 0. The lowest BCUT2D eigenvalue weighted by molar-refractivity contribution is 0.285. The van der Waals surface area contributed by atoms with Gasteiger partial charge in [0.2, 0.25) is 0 Å². The highest BCUT2D eigenvalue weighted by atomic mass is 32.2. The number of nitrogen functional groups attached to an aromatic ring is 1. The van der Waals surface area contributed by atoms with Crippen molar-refractivity contribution >= 4 is 15.8 Å². The summed E-state index contributed by atoms with van der Waals surface area (Å²) in [6, 6.07) is 0. The van der Waals surface area contributed by atoms with Crippen LogP contribution in [0.2, 0.25) is 0 Å². The Morgan fingerprint density at radius 3 is 2.58 bits per heavy atom. The van der Waals surface area contributed by atoms with Crippen LogP contribution in [0.5, 0.6) is 0 Å². The average Bonchev–Trinajstić information content (AvgIpc) is 2.95. The van der Waals surface area contributed by atoms with Gasteiger partial charge in [0.05, 0.1) is 6.33 Å². The molecule has 19 heavy (non-hydrogen) atoms. The highest BCUT2D eigenvalue weighted by molar-refractivity contribution is 7.89. The summed E-state index contributed by atoms with van der Waals surface area (Å²) < 4.78 is 28.7. The second-order valence-electron chi connectivity index (χ2n) is 5.43. The van der Waals surface area contributed by atoms with Crippen molar-refractivity contribution in [3.63, 3.8) is 0 Å². The number of imidazole rings is 1. The highest BCUT2D eigenvalue weighted by Gasteiger charge is 2.34. The van der Waals surface area contributed by atoms with Crippen molar-refractivity contribution in [1.29, 1.82) is 0 Å². The van der Waals surface area contributed by atoms with Crippen molar-refractivity contribution < 1.29 is 8.42 Å². The summed E-state index contributed by atoms with van der Waals surface area (Å²) in [6.07, 6.45) is 6.96. The van der Waals surface area contributed by atoms with Crippen LogP contribution in [0.3, 0.4) is 0 Å². The summed E-state index contributed by atoms with van der Waals surface area (Å²) in [5.41, 5.74) is 5.74. The Hall–Kier alpha value is -1.08. The molecule has 6 nitrogen and oxygen atoms in total. The fourth-order valence-corrected chi connectivity index (χ4v) is 4.25. The molecular formula is C12H22N4O2S. The molecule has 0 saturated heterocycles. The number of nitrogens with zero attached hydrogens (tertiary/aromatic N) is 2. The minimum absolute atomic E-state index is 0.0481. The number of anilines is 1. The molecular weight excluding hydrogens is 264 g/mol. The maximum Gasteiger partial charge on any atom is 0.260 e. The Balaban J connectivity index is 2.14. The first kappa shape index (κ1) is 14.3. The van der Waals surface area contributed by atoms with E-state index in [0.29, 0.717) is 6.54 Å². The number of aryl methyl sites for hydroxylation is 1. The molecule has 108 valence electrons. The molecule has 1 aliphatic carbocycles. The normalized spacial score (nSPS) is 18.8. The smallest absolute Gasteiger partial charge is 0.260 e. The Morgan fingerprint density at radius 2 is 2.11 bits per heavy atom.